The molecule has 0 bridgehead atoms. The van der Waals surface area contributed by atoms with Crippen molar-refractivity contribution in [1.82, 2.24) is 4.72 Å². The van der Waals surface area contributed by atoms with Gasteiger partial charge in [-0.1, -0.05) is 0 Å². The maximum absolute atomic E-state index is 13.4. The van der Waals surface area contributed by atoms with Crippen LogP contribution in [0, 0.1) is 21.7 Å². The molecule has 2 N–H and O–H groups in total. The fourth-order valence-corrected chi connectivity index (χ4v) is 2.54. The van der Waals surface area contributed by atoms with Crippen LogP contribution in [0.4, 0.5) is 14.5 Å². The lowest BCUT2D eigenvalue weighted by atomic mass is 10.3. The van der Waals surface area contributed by atoms with Gasteiger partial charge in [-0.15, -0.1) is 0 Å². The van der Waals surface area contributed by atoms with Crippen LogP contribution in [0.25, 0.3) is 0 Å². The average Bonchev–Trinajstić information content (AvgIpc) is 2.27. The van der Waals surface area contributed by atoms with Crippen molar-refractivity contribution in [3.8, 4) is 0 Å². The lowest BCUT2D eigenvalue weighted by molar-refractivity contribution is -0.387. The molecule has 1 aromatic carbocycles. The van der Waals surface area contributed by atoms with Gasteiger partial charge in [-0.25, -0.2) is 17.5 Å². The van der Waals surface area contributed by atoms with Gasteiger partial charge in [0.05, 0.1) is 11.5 Å². The molecule has 10 heteroatoms. The van der Waals surface area contributed by atoms with Crippen molar-refractivity contribution in [3.05, 3.63) is 33.9 Å². The Morgan fingerprint density at radius 1 is 1.42 bits per heavy atom. The lowest BCUT2D eigenvalue weighted by Crippen LogP contribution is -2.35. The predicted molar refractivity (Wildman–Crippen MR) is 59.9 cm³/mol. The second kappa shape index (κ2) is 5.55. The molecule has 7 nitrogen and oxygen atoms in total. The zero-order valence-electron chi connectivity index (χ0n) is 9.63. The second-order valence-corrected chi connectivity index (χ2v) is 5.38. The Morgan fingerprint density at radius 2 is 2.00 bits per heavy atom. The van der Waals surface area contributed by atoms with E-state index in [0.717, 1.165) is 0 Å². The van der Waals surface area contributed by atoms with Gasteiger partial charge in [0, 0.05) is 18.2 Å². The van der Waals surface area contributed by atoms with E-state index in [1.165, 1.54) is 6.92 Å². The lowest BCUT2D eigenvalue weighted by Gasteiger charge is -2.12. The highest BCUT2D eigenvalue weighted by molar-refractivity contribution is 7.89. The van der Waals surface area contributed by atoms with Crippen LogP contribution in [0.15, 0.2) is 17.0 Å². The first-order valence-corrected chi connectivity index (χ1v) is 6.44. The van der Waals surface area contributed by atoms with Crippen molar-refractivity contribution in [1.29, 1.82) is 0 Å². The van der Waals surface area contributed by atoms with E-state index in [9.17, 15) is 27.3 Å². The SMILES string of the molecule is C[C@H](CO)NS(=O)(=O)c1cc([N+](=O)[O-])c(F)cc1F. The smallest absolute Gasteiger partial charge is 0.306 e. The Hall–Kier alpha value is -1.65. The molecule has 0 aliphatic heterocycles. The highest BCUT2D eigenvalue weighted by atomic mass is 32.2. The molecule has 1 aromatic rings. The van der Waals surface area contributed by atoms with Crippen molar-refractivity contribution in [2.45, 2.75) is 17.9 Å². The van der Waals surface area contributed by atoms with E-state index in [1.807, 2.05) is 4.72 Å². The number of halogens is 2. The fraction of sp³-hybridized carbons (Fsp3) is 0.333. The van der Waals surface area contributed by atoms with Crippen molar-refractivity contribution in [2.24, 2.45) is 0 Å². The zero-order chi connectivity index (χ0) is 14.8. The third-order valence-corrected chi connectivity index (χ3v) is 3.72. The van der Waals surface area contributed by atoms with Crippen LogP contribution < -0.4 is 4.72 Å². The molecular formula is C9H10F2N2O5S. The number of nitro groups is 1. The number of nitrogens with zero attached hydrogens (tertiary/aromatic N) is 1. The molecule has 0 saturated heterocycles. The van der Waals surface area contributed by atoms with E-state index in [-0.39, 0.29) is 12.1 Å². The van der Waals surface area contributed by atoms with Crippen LogP contribution in [-0.4, -0.2) is 31.1 Å². The molecule has 0 heterocycles. The number of rotatable bonds is 5. The quantitative estimate of drug-likeness (QED) is 0.608. The summed E-state index contributed by atoms with van der Waals surface area (Å²) in [5, 5.41) is 19.2. The number of aliphatic hydroxyl groups is 1. The Balaban J connectivity index is 3.34. The molecule has 1 atom stereocenters. The summed E-state index contributed by atoms with van der Waals surface area (Å²) in [6.45, 7) is 0.748. The molecule has 0 unspecified atom stereocenters. The monoisotopic (exact) mass is 296 g/mol. The highest BCUT2D eigenvalue weighted by Gasteiger charge is 2.27. The summed E-state index contributed by atoms with van der Waals surface area (Å²) in [5.41, 5.74) is -1.15. The topological polar surface area (TPSA) is 110 Å². The molecule has 0 saturated carbocycles. The van der Waals surface area contributed by atoms with Crippen molar-refractivity contribution in [3.63, 3.8) is 0 Å². The van der Waals surface area contributed by atoms with Crippen LogP contribution >= 0.6 is 0 Å². The maximum atomic E-state index is 13.4. The maximum Gasteiger partial charge on any atom is 0.306 e. The highest BCUT2D eigenvalue weighted by Crippen LogP contribution is 2.24. The third-order valence-electron chi connectivity index (χ3n) is 2.12. The number of hydrogen-bond acceptors (Lipinski definition) is 5. The summed E-state index contributed by atoms with van der Waals surface area (Å²) >= 11 is 0. The van der Waals surface area contributed by atoms with E-state index in [0.29, 0.717) is 0 Å². The minimum atomic E-state index is -4.43. The first-order valence-electron chi connectivity index (χ1n) is 4.95. The van der Waals surface area contributed by atoms with Gasteiger partial charge in [0.1, 0.15) is 10.7 Å². The molecule has 0 spiro atoms. The predicted octanol–water partition coefficient (Wildman–Crippen LogP) is 0.532. The molecule has 0 aromatic heterocycles. The van der Waals surface area contributed by atoms with E-state index in [4.69, 9.17) is 5.11 Å². The van der Waals surface area contributed by atoms with Gasteiger partial charge >= 0.3 is 5.69 Å². The van der Waals surface area contributed by atoms with E-state index < -0.39 is 49.8 Å². The van der Waals surface area contributed by atoms with Crippen molar-refractivity contribution in [2.75, 3.05) is 6.61 Å². The third kappa shape index (κ3) is 3.43. The summed E-state index contributed by atoms with van der Waals surface area (Å²) in [6, 6.07) is -0.513. The first-order chi connectivity index (χ1) is 8.69. The van der Waals surface area contributed by atoms with Gasteiger partial charge < -0.3 is 5.11 Å². The summed E-state index contributed by atoms with van der Waals surface area (Å²) in [5.74, 6) is -2.93. The van der Waals surface area contributed by atoms with E-state index in [1.54, 1.807) is 0 Å². The van der Waals surface area contributed by atoms with Gasteiger partial charge in [-0.2, -0.15) is 4.39 Å². The molecule has 0 fully saturated rings. The molecule has 1 rings (SSSR count). The molecule has 0 aliphatic carbocycles. The molecule has 0 radical (unpaired) electrons. The summed E-state index contributed by atoms with van der Waals surface area (Å²) < 4.78 is 51.7. The summed E-state index contributed by atoms with van der Waals surface area (Å²) in [6.07, 6.45) is 0. The number of aliphatic hydroxyl groups excluding tert-OH is 1. The van der Waals surface area contributed by atoms with Crippen molar-refractivity contribution >= 4 is 15.7 Å². The van der Waals surface area contributed by atoms with Gasteiger partial charge in [0.2, 0.25) is 15.8 Å². The van der Waals surface area contributed by atoms with Crippen LogP contribution in [0.2, 0.25) is 0 Å². The Bertz CT molecular complexity index is 605. The standard InChI is InChI=1S/C9H10F2N2O5S/c1-5(4-14)12-19(17,18)9-3-8(13(15)16)6(10)2-7(9)11/h2-3,5,12,14H,4H2,1H3/t5-/m1/s1. The minimum Gasteiger partial charge on any atom is -0.395 e. The minimum absolute atomic E-state index is 0.121. The summed E-state index contributed by atoms with van der Waals surface area (Å²) in [7, 11) is -4.43. The molecule has 0 aliphatic rings. The Morgan fingerprint density at radius 3 is 2.47 bits per heavy atom. The first kappa shape index (κ1) is 15.4. The normalized spacial score (nSPS) is 13.3. The molecule has 19 heavy (non-hydrogen) atoms. The molecular weight excluding hydrogens is 286 g/mol. The van der Waals surface area contributed by atoms with Crippen LogP contribution in [0.3, 0.4) is 0 Å². The number of nitro benzene ring substituents is 1. The number of nitrogens with one attached hydrogen (secondary N) is 1. The Labute approximate surface area is 107 Å². The van der Waals surface area contributed by atoms with Gasteiger partial charge in [-0.05, 0) is 6.92 Å². The second-order valence-electron chi connectivity index (χ2n) is 3.70. The largest absolute Gasteiger partial charge is 0.395 e. The average molecular weight is 296 g/mol. The zero-order valence-corrected chi connectivity index (χ0v) is 10.4. The van der Waals surface area contributed by atoms with Gasteiger partial charge in [-0.3, -0.25) is 10.1 Å². The number of benzene rings is 1. The van der Waals surface area contributed by atoms with Crippen LogP contribution in [0.1, 0.15) is 6.92 Å². The van der Waals surface area contributed by atoms with E-state index in [2.05, 4.69) is 0 Å². The fourth-order valence-electron chi connectivity index (χ4n) is 1.23. The van der Waals surface area contributed by atoms with Crippen LogP contribution in [0.5, 0.6) is 0 Å². The van der Waals surface area contributed by atoms with Crippen LogP contribution in [-0.2, 0) is 10.0 Å². The summed E-state index contributed by atoms with van der Waals surface area (Å²) in [4.78, 5) is 8.26. The number of hydrogen-bond donors (Lipinski definition) is 2. The van der Waals surface area contributed by atoms with Gasteiger partial charge in [0.15, 0.2) is 0 Å². The Kier molecular flexibility index (Phi) is 4.50. The van der Waals surface area contributed by atoms with Gasteiger partial charge in [0.25, 0.3) is 0 Å². The number of sulfonamides is 1. The van der Waals surface area contributed by atoms with Crippen molar-refractivity contribution < 1.29 is 27.2 Å². The molecule has 106 valence electrons. The van der Waals surface area contributed by atoms with E-state index >= 15 is 0 Å². The molecule has 0 amide bonds.